The molecule has 2 atom stereocenters. The van der Waals surface area contributed by atoms with Gasteiger partial charge in [-0.25, -0.2) is 0 Å². The maximum absolute atomic E-state index is 6.16. The summed E-state index contributed by atoms with van der Waals surface area (Å²) in [5.74, 6) is 0.911. The van der Waals surface area contributed by atoms with E-state index in [1.807, 2.05) is 0 Å². The van der Waals surface area contributed by atoms with Gasteiger partial charge in [-0.1, -0.05) is 27.7 Å². The van der Waals surface area contributed by atoms with Crippen molar-refractivity contribution in [2.24, 2.45) is 5.92 Å². The molecule has 1 aliphatic rings. The smallest absolute Gasteiger partial charge is 0.192 e. The van der Waals surface area contributed by atoms with Gasteiger partial charge in [0.15, 0.2) is 8.32 Å². The third-order valence-electron chi connectivity index (χ3n) is 4.50. The number of nitrogens with one attached hydrogen (secondary N) is 1. The van der Waals surface area contributed by atoms with Gasteiger partial charge in [-0.2, -0.15) is 0 Å². The summed E-state index contributed by atoms with van der Waals surface area (Å²) in [6.45, 7) is 15.8. The van der Waals surface area contributed by atoms with Gasteiger partial charge in [-0.3, -0.25) is 0 Å². The summed E-state index contributed by atoms with van der Waals surface area (Å²) in [7, 11) is -1.54. The molecule has 0 aromatic heterocycles. The predicted molar refractivity (Wildman–Crippen MR) is 78.0 cm³/mol. The Kier molecular flexibility index (Phi) is 5.23. The normalized spacial score (nSPS) is 26.5. The lowest BCUT2D eigenvalue weighted by molar-refractivity contribution is 0.278. The molecule has 1 aliphatic carbocycles. The molecule has 0 aromatic carbocycles. The summed E-state index contributed by atoms with van der Waals surface area (Å²) >= 11 is 0. The first-order valence-electron chi connectivity index (χ1n) is 7.10. The highest BCUT2D eigenvalue weighted by molar-refractivity contribution is 6.74. The average Bonchev–Trinajstić information content (AvgIpc) is 2.57. The van der Waals surface area contributed by atoms with Gasteiger partial charge in [-0.15, -0.1) is 0 Å². The maximum Gasteiger partial charge on any atom is 0.192 e. The topological polar surface area (TPSA) is 21.3 Å². The highest BCUT2D eigenvalue weighted by Gasteiger charge is 2.36. The molecule has 0 radical (unpaired) electrons. The van der Waals surface area contributed by atoms with Crippen LogP contribution in [0.25, 0.3) is 0 Å². The minimum Gasteiger partial charge on any atom is -0.416 e. The Morgan fingerprint density at radius 3 is 2.35 bits per heavy atom. The van der Waals surface area contributed by atoms with Crippen LogP contribution in [0.3, 0.4) is 0 Å². The molecule has 0 aliphatic heterocycles. The van der Waals surface area contributed by atoms with Crippen LogP contribution in [0.2, 0.25) is 18.1 Å². The predicted octanol–water partition coefficient (Wildman–Crippen LogP) is 3.79. The van der Waals surface area contributed by atoms with Crippen molar-refractivity contribution in [2.75, 3.05) is 13.2 Å². The van der Waals surface area contributed by atoms with Crippen molar-refractivity contribution in [1.82, 2.24) is 5.32 Å². The lowest BCUT2D eigenvalue weighted by Crippen LogP contribution is -2.43. The van der Waals surface area contributed by atoms with Crippen molar-refractivity contribution >= 4 is 8.32 Å². The zero-order valence-corrected chi connectivity index (χ0v) is 13.6. The molecule has 0 unspecified atom stereocenters. The Morgan fingerprint density at radius 2 is 1.88 bits per heavy atom. The minimum atomic E-state index is -1.54. The van der Waals surface area contributed by atoms with Crippen LogP contribution >= 0.6 is 0 Å². The second kappa shape index (κ2) is 5.85. The summed E-state index contributed by atoms with van der Waals surface area (Å²) in [6.07, 6.45) is 4.09. The Hall–Kier alpha value is 0.137. The van der Waals surface area contributed by atoms with E-state index in [9.17, 15) is 0 Å². The van der Waals surface area contributed by atoms with Crippen molar-refractivity contribution in [3.63, 3.8) is 0 Å². The van der Waals surface area contributed by atoms with E-state index in [1.165, 1.54) is 19.3 Å². The molecule has 2 nitrogen and oxygen atoms in total. The molecule has 1 N–H and O–H groups in total. The van der Waals surface area contributed by atoms with Crippen molar-refractivity contribution < 1.29 is 4.43 Å². The highest BCUT2D eigenvalue weighted by atomic mass is 28.4. The van der Waals surface area contributed by atoms with Gasteiger partial charge >= 0.3 is 0 Å². The van der Waals surface area contributed by atoms with Crippen LogP contribution in [0.4, 0.5) is 0 Å². The summed E-state index contributed by atoms with van der Waals surface area (Å²) < 4.78 is 6.16. The summed E-state index contributed by atoms with van der Waals surface area (Å²) in [5, 5.41) is 3.96. The highest BCUT2D eigenvalue weighted by Crippen LogP contribution is 2.36. The van der Waals surface area contributed by atoms with Crippen LogP contribution in [0.15, 0.2) is 0 Å². The van der Waals surface area contributed by atoms with Crippen LogP contribution in [0, 0.1) is 5.92 Å². The van der Waals surface area contributed by atoms with Gasteiger partial charge in [0.25, 0.3) is 0 Å². The molecule has 17 heavy (non-hydrogen) atoms. The molecular formula is C14H31NOSi. The molecule has 0 aromatic rings. The first-order valence-corrected chi connectivity index (χ1v) is 10.0. The summed E-state index contributed by atoms with van der Waals surface area (Å²) in [4.78, 5) is 0. The third-order valence-corrected chi connectivity index (χ3v) is 9.04. The van der Waals surface area contributed by atoms with Crippen molar-refractivity contribution in [1.29, 1.82) is 0 Å². The fraction of sp³-hybridized carbons (Fsp3) is 1.00. The largest absolute Gasteiger partial charge is 0.416 e. The fourth-order valence-corrected chi connectivity index (χ4v) is 3.22. The van der Waals surface area contributed by atoms with Crippen LogP contribution < -0.4 is 5.32 Å². The van der Waals surface area contributed by atoms with Crippen LogP contribution in [-0.2, 0) is 4.43 Å². The van der Waals surface area contributed by atoms with Crippen molar-refractivity contribution in [3.05, 3.63) is 0 Å². The molecule has 0 heterocycles. The van der Waals surface area contributed by atoms with Crippen molar-refractivity contribution in [3.8, 4) is 0 Å². The summed E-state index contributed by atoms with van der Waals surface area (Å²) in [5.41, 5.74) is 0. The van der Waals surface area contributed by atoms with E-state index in [0.29, 0.717) is 5.04 Å². The van der Waals surface area contributed by atoms with E-state index in [-0.39, 0.29) is 0 Å². The molecule has 0 saturated heterocycles. The van der Waals surface area contributed by atoms with Crippen molar-refractivity contribution in [2.45, 2.75) is 71.1 Å². The monoisotopic (exact) mass is 257 g/mol. The molecule has 0 bridgehead atoms. The zero-order chi connectivity index (χ0) is 13.1. The fourth-order valence-electron chi connectivity index (χ4n) is 2.18. The maximum atomic E-state index is 6.16. The van der Waals surface area contributed by atoms with Gasteiger partial charge < -0.3 is 9.74 Å². The molecule has 1 saturated carbocycles. The zero-order valence-electron chi connectivity index (χ0n) is 12.6. The second-order valence-corrected chi connectivity index (χ2v) is 12.0. The van der Waals surface area contributed by atoms with E-state index in [4.69, 9.17) is 4.43 Å². The standard InChI is InChI=1S/C14H31NOSi/c1-12-7-8-13(11-12)15-9-10-16-17(5,6)14(2,3)4/h12-13,15H,7-11H2,1-6H3/t12-,13+/m0/s1. The van der Waals surface area contributed by atoms with Crippen LogP contribution in [0.1, 0.15) is 47.0 Å². The van der Waals surface area contributed by atoms with Gasteiger partial charge in [0.2, 0.25) is 0 Å². The van der Waals surface area contributed by atoms with Gasteiger partial charge in [0.1, 0.15) is 0 Å². The second-order valence-electron chi connectivity index (χ2n) is 7.18. The van der Waals surface area contributed by atoms with E-state index >= 15 is 0 Å². The van der Waals surface area contributed by atoms with E-state index in [2.05, 4.69) is 46.1 Å². The first-order chi connectivity index (χ1) is 7.72. The van der Waals surface area contributed by atoms with E-state index in [0.717, 1.165) is 25.1 Å². The SMILES string of the molecule is C[C@H]1CC[C@@H](NCCO[Si](C)(C)C(C)(C)C)C1. The van der Waals surface area contributed by atoms with Gasteiger partial charge in [0.05, 0.1) is 0 Å². The average molecular weight is 257 g/mol. The van der Waals surface area contributed by atoms with E-state index < -0.39 is 8.32 Å². The molecule has 3 heteroatoms. The molecule has 0 spiro atoms. The Bertz CT molecular complexity index is 235. The minimum absolute atomic E-state index is 0.328. The lowest BCUT2D eigenvalue weighted by Gasteiger charge is -2.36. The number of hydrogen-bond donors (Lipinski definition) is 1. The molecular weight excluding hydrogens is 226 g/mol. The Labute approximate surface area is 109 Å². The Morgan fingerprint density at radius 1 is 1.24 bits per heavy atom. The lowest BCUT2D eigenvalue weighted by atomic mass is 10.1. The van der Waals surface area contributed by atoms with Gasteiger partial charge in [-0.05, 0) is 43.3 Å². The molecule has 102 valence electrons. The number of hydrogen-bond acceptors (Lipinski definition) is 2. The van der Waals surface area contributed by atoms with E-state index in [1.54, 1.807) is 0 Å². The van der Waals surface area contributed by atoms with Crippen LogP contribution in [-0.4, -0.2) is 27.5 Å². The third kappa shape index (κ3) is 4.72. The quantitative estimate of drug-likeness (QED) is 0.598. The van der Waals surface area contributed by atoms with Gasteiger partial charge in [0, 0.05) is 19.2 Å². The number of rotatable bonds is 5. The van der Waals surface area contributed by atoms with Crippen LogP contribution in [0.5, 0.6) is 0 Å². The molecule has 0 amide bonds. The molecule has 1 rings (SSSR count). The summed E-state index contributed by atoms with van der Waals surface area (Å²) in [6, 6.07) is 0.744. The molecule has 1 fully saturated rings. The Balaban J connectivity index is 2.16. The first kappa shape index (κ1) is 15.2.